The fraction of sp³-hybridized carbons (Fsp3) is 0.308. The minimum absolute atomic E-state index is 0.0177. The maximum Gasteiger partial charge on any atom is 0.290 e. The third-order valence-corrected chi connectivity index (χ3v) is 5.94. The first-order valence-corrected chi connectivity index (χ1v) is 11.1. The second-order valence-electron chi connectivity index (χ2n) is 8.18. The molecule has 1 saturated carbocycles. The summed E-state index contributed by atoms with van der Waals surface area (Å²) >= 11 is 0. The number of methoxy groups -OCH3 is 1. The highest BCUT2D eigenvalue weighted by atomic mass is 19.1. The largest absolute Gasteiger partial charge is 0.497 e. The number of furan rings is 1. The lowest BCUT2D eigenvalue weighted by Gasteiger charge is -2.32. The molecule has 0 spiro atoms. The van der Waals surface area contributed by atoms with Crippen molar-refractivity contribution in [1.82, 2.24) is 10.2 Å². The smallest absolute Gasteiger partial charge is 0.290 e. The molecule has 1 aliphatic rings. The highest BCUT2D eigenvalue weighted by Gasteiger charge is 2.36. The van der Waals surface area contributed by atoms with Gasteiger partial charge in [0.05, 0.1) is 13.4 Å². The first-order valence-electron chi connectivity index (χ1n) is 11.1. The standard InChI is InChI=1S/C26H27FN2O4/c1-32-20-11-6-8-18(16-20)17-29(26(31)23-14-7-15-33-23)24(21-12-4-5-13-22(21)27)25(30)28-19-9-2-3-10-19/h4-8,11-16,19,24H,2-3,9-10,17H2,1H3,(H,28,30)/t24-/m0/s1. The van der Waals surface area contributed by atoms with Crippen molar-refractivity contribution in [3.05, 3.63) is 89.6 Å². The van der Waals surface area contributed by atoms with Crippen LogP contribution in [-0.4, -0.2) is 29.9 Å². The van der Waals surface area contributed by atoms with E-state index < -0.39 is 23.7 Å². The maximum atomic E-state index is 15.0. The van der Waals surface area contributed by atoms with Gasteiger partial charge >= 0.3 is 0 Å². The van der Waals surface area contributed by atoms with Crippen LogP contribution in [0.25, 0.3) is 0 Å². The van der Waals surface area contributed by atoms with Gasteiger partial charge in [0.25, 0.3) is 5.91 Å². The zero-order chi connectivity index (χ0) is 23.2. The molecule has 0 saturated heterocycles. The molecule has 0 radical (unpaired) electrons. The third kappa shape index (κ3) is 5.25. The van der Waals surface area contributed by atoms with Crippen molar-refractivity contribution >= 4 is 11.8 Å². The Labute approximate surface area is 192 Å². The van der Waals surface area contributed by atoms with E-state index in [1.165, 1.54) is 23.3 Å². The van der Waals surface area contributed by atoms with Gasteiger partial charge in [-0.3, -0.25) is 9.59 Å². The maximum absolute atomic E-state index is 15.0. The molecule has 1 aromatic heterocycles. The molecule has 4 rings (SSSR count). The predicted octanol–water partition coefficient (Wildman–Crippen LogP) is 4.87. The Morgan fingerprint density at radius 1 is 1.12 bits per heavy atom. The zero-order valence-electron chi connectivity index (χ0n) is 18.5. The minimum Gasteiger partial charge on any atom is -0.497 e. The number of amides is 2. The van der Waals surface area contributed by atoms with Crippen molar-refractivity contribution in [3.8, 4) is 5.75 Å². The van der Waals surface area contributed by atoms with E-state index in [-0.39, 0.29) is 23.9 Å². The van der Waals surface area contributed by atoms with Crippen LogP contribution in [0.2, 0.25) is 0 Å². The molecule has 6 nitrogen and oxygen atoms in total. The van der Waals surface area contributed by atoms with Crippen molar-refractivity contribution in [1.29, 1.82) is 0 Å². The quantitative estimate of drug-likeness (QED) is 0.532. The summed E-state index contributed by atoms with van der Waals surface area (Å²) in [5.41, 5.74) is 0.875. The summed E-state index contributed by atoms with van der Waals surface area (Å²) in [6.45, 7) is 0.0633. The number of carbonyl (C=O) groups is 2. The molecule has 1 atom stereocenters. The van der Waals surface area contributed by atoms with Gasteiger partial charge in [-0.05, 0) is 48.7 Å². The van der Waals surface area contributed by atoms with Gasteiger partial charge in [0.2, 0.25) is 5.91 Å². The number of rotatable bonds is 8. The highest BCUT2D eigenvalue weighted by molar-refractivity contribution is 5.96. The molecule has 3 aromatic rings. The molecule has 2 aromatic carbocycles. The summed E-state index contributed by atoms with van der Waals surface area (Å²) < 4.78 is 25.6. The van der Waals surface area contributed by atoms with Crippen LogP contribution < -0.4 is 10.1 Å². The van der Waals surface area contributed by atoms with Crippen molar-refractivity contribution < 1.29 is 23.1 Å². The predicted molar refractivity (Wildman–Crippen MR) is 121 cm³/mol. The first-order chi connectivity index (χ1) is 16.1. The normalized spacial score (nSPS) is 14.6. The van der Waals surface area contributed by atoms with Gasteiger partial charge in [0.1, 0.15) is 17.6 Å². The van der Waals surface area contributed by atoms with E-state index in [1.54, 1.807) is 49.6 Å². The molecule has 1 aliphatic carbocycles. The SMILES string of the molecule is COc1cccc(CN(C(=O)c2ccco2)[C@H](C(=O)NC2CCCC2)c2ccccc2F)c1. The van der Waals surface area contributed by atoms with Crippen LogP contribution in [0, 0.1) is 5.82 Å². The third-order valence-electron chi connectivity index (χ3n) is 5.94. The molecule has 172 valence electrons. The number of ether oxygens (including phenoxy) is 1. The topological polar surface area (TPSA) is 71.8 Å². The van der Waals surface area contributed by atoms with Crippen molar-refractivity contribution in [2.75, 3.05) is 7.11 Å². The fourth-order valence-electron chi connectivity index (χ4n) is 4.29. The van der Waals surface area contributed by atoms with Gasteiger partial charge in [0, 0.05) is 18.2 Å². The Bertz CT molecular complexity index is 1090. The summed E-state index contributed by atoms with van der Waals surface area (Å²) in [6, 6.07) is 15.3. The fourth-order valence-corrected chi connectivity index (χ4v) is 4.29. The van der Waals surface area contributed by atoms with E-state index in [0.29, 0.717) is 5.75 Å². The summed E-state index contributed by atoms with van der Waals surface area (Å²) in [7, 11) is 1.56. The Morgan fingerprint density at radius 3 is 2.61 bits per heavy atom. The zero-order valence-corrected chi connectivity index (χ0v) is 18.5. The number of halogens is 1. The Kier molecular flexibility index (Phi) is 7.07. The van der Waals surface area contributed by atoms with E-state index in [4.69, 9.17) is 9.15 Å². The van der Waals surface area contributed by atoms with Gasteiger partial charge in [-0.1, -0.05) is 43.2 Å². The molecule has 0 aliphatic heterocycles. The van der Waals surface area contributed by atoms with Gasteiger partial charge in [-0.15, -0.1) is 0 Å². The van der Waals surface area contributed by atoms with Gasteiger partial charge in [-0.2, -0.15) is 0 Å². The van der Waals surface area contributed by atoms with Gasteiger partial charge < -0.3 is 19.4 Å². The first kappa shape index (κ1) is 22.6. The van der Waals surface area contributed by atoms with Crippen LogP contribution in [0.4, 0.5) is 4.39 Å². The van der Waals surface area contributed by atoms with E-state index in [2.05, 4.69) is 5.32 Å². The number of nitrogens with one attached hydrogen (secondary N) is 1. The van der Waals surface area contributed by atoms with Gasteiger partial charge in [-0.25, -0.2) is 4.39 Å². The van der Waals surface area contributed by atoms with Crippen LogP contribution in [0.1, 0.15) is 53.4 Å². The molecule has 7 heteroatoms. The highest BCUT2D eigenvalue weighted by Crippen LogP contribution is 2.29. The van der Waals surface area contributed by atoms with Crippen LogP contribution >= 0.6 is 0 Å². The lowest BCUT2D eigenvalue weighted by Crippen LogP contribution is -2.46. The lowest BCUT2D eigenvalue weighted by atomic mass is 10.0. The van der Waals surface area contributed by atoms with Gasteiger partial charge in [0.15, 0.2) is 5.76 Å². The van der Waals surface area contributed by atoms with Crippen LogP contribution in [-0.2, 0) is 11.3 Å². The number of carbonyl (C=O) groups excluding carboxylic acids is 2. The average Bonchev–Trinajstić information content (AvgIpc) is 3.54. The number of benzene rings is 2. The van der Waals surface area contributed by atoms with E-state index in [0.717, 1.165) is 31.2 Å². The Morgan fingerprint density at radius 2 is 1.91 bits per heavy atom. The monoisotopic (exact) mass is 450 g/mol. The second kappa shape index (κ2) is 10.3. The second-order valence-corrected chi connectivity index (χ2v) is 8.18. The van der Waals surface area contributed by atoms with Crippen molar-refractivity contribution in [3.63, 3.8) is 0 Å². The summed E-state index contributed by atoms with van der Waals surface area (Å²) in [6.07, 6.45) is 5.21. The number of hydrogen-bond donors (Lipinski definition) is 1. The van der Waals surface area contributed by atoms with E-state index >= 15 is 0 Å². The Hall–Kier alpha value is -3.61. The Balaban J connectivity index is 1.76. The molecule has 2 amide bonds. The molecular formula is C26H27FN2O4. The van der Waals surface area contributed by atoms with Crippen LogP contribution in [0.5, 0.6) is 5.75 Å². The minimum atomic E-state index is -1.17. The molecule has 33 heavy (non-hydrogen) atoms. The molecular weight excluding hydrogens is 423 g/mol. The molecule has 0 bridgehead atoms. The summed E-state index contributed by atoms with van der Waals surface area (Å²) in [4.78, 5) is 28.4. The molecule has 1 fully saturated rings. The number of hydrogen-bond acceptors (Lipinski definition) is 4. The molecule has 1 N–H and O–H groups in total. The molecule has 0 unspecified atom stereocenters. The lowest BCUT2D eigenvalue weighted by molar-refractivity contribution is -0.127. The average molecular weight is 451 g/mol. The number of nitrogens with zero attached hydrogens (tertiary/aromatic N) is 1. The van der Waals surface area contributed by atoms with Crippen LogP contribution in [0.3, 0.4) is 0 Å². The summed E-state index contributed by atoms with van der Waals surface area (Å²) in [5.74, 6) is -0.761. The van der Waals surface area contributed by atoms with Crippen molar-refractivity contribution in [2.24, 2.45) is 0 Å². The molecule has 1 heterocycles. The van der Waals surface area contributed by atoms with Crippen LogP contribution in [0.15, 0.2) is 71.3 Å². The summed E-state index contributed by atoms with van der Waals surface area (Å²) in [5, 5.41) is 3.04. The van der Waals surface area contributed by atoms with E-state index in [1.807, 2.05) is 6.07 Å². The van der Waals surface area contributed by atoms with Crippen molar-refractivity contribution in [2.45, 2.75) is 44.3 Å². The van der Waals surface area contributed by atoms with E-state index in [9.17, 15) is 14.0 Å².